The third kappa shape index (κ3) is 3.06. The smallest absolute Gasteiger partial charge is 0.228 e. The van der Waals surface area contributed by atoms with E-state index in [0.717, 1.165) is 17.8 Å². The van der Waals surface area contributed by atoms with E-state index in [-0.39, 0.29) is 39.9 Å². The number of thioether (sulfide) groups is 1. The molecule has 1 atom stereocenters. The van der Waals surface area contributed by atoms with Gasteiger partial charge in [-0.15, -0.1) is 0 Å². The molecule has 1 aliphatic rings. The summed E-state index contributed by atoms with van der Waals surface area (Å²) in [5, 5.41) is -0.558. The Morgan fingerprint density at radius 2 is 2.11 bits per heavy atom. The van der Waals surface area contributed by atoms with E-state index >= 15 is 0 Å². The first kappa shape index (κ1) is 14.3. The Morgan fingerprint density at radius 3 is 2.74 bits per heavy atom. The molecule has 0 bridgehead atoms. The molecule has 1 saturated heterocycles. The van der Waals surface area contributed by atoms with Crippen LogP contribution in [-0.2, 0) is 9.59 Å². The largest absolute Gasteiger partial charge is 0.308 e. The van der Waals surface area contributed by atoms with Crippen LogP contribution in [0.2, 0.25) is 5.02 Å². The van der Waals surface area contributed by atoms with Crippen LogP contribution in [0, 0.1) is 11.6 Å². The van der Waals surface area contributed by atoms with Crippen LogP contribution in [0.5, 0.6) is 0 Å². The third-order valence-electron chi connectivity index (χ3n) is 2.70. The summed E-state index contributed by atoms with van der Waals surface area (Å²) in [4.78, 5) is 24.0. The molecule has 1 fully saturated rings. The maximum absolute atomic E-state index is 13.7. The molecule has 0 radical (unpaired) electrons. The molecule has 102 valence electrons. The lowest BCUT2D eigenvalue weighted by Gasteiger charge is -2.17. The lowest BCUT2D eigenvalue weighted by Crippen LogP contribution is -2.26. The number of rotatable bonds is 2. The molecule has 1 aromatic rings. The zero-order valence-electron chi connectivity index (χ0n) is 9.95. The van der Waals surface area contributed by atoms with Gasteiger partial charge in [0, 0.05) is 31.2 Å². The Morgan fingerprint density at radius 1 is 1.42 bits per heavy atom. The van der Waals surface area contributed by atoms with E-state index < -0.39 is 11.6 Å². The summed E-state index contributed by atoms with van der Waals surface area (Å²) >= 11 is 6.64. The molecule has 1 aromatic carbocycles. The minimum atomic E-state index is -0.871. The van der Waals surface area contributed by atoms with Gasteiger partial charge in [-0.3, -0.25) is 9.59 Å². The Labute approximate surface area is 117 Å². The summed E-state index contributed by atoms with van der Waals surface area (Å²) in [5.74, 6) is -2.02. The van der Waals surface area contributed by atoms with Gasteiger partial charge in [0.15, 0.2) is 5.12 Å². The molecule has 7 heteroatoms. The van der Waals surface area contributed by atoms with Gasteiger partial charge in [-0.1, -0.05) is 23.4 Å². The zero-order chi connectivity index (χ0) is 14.2. The van der Waals surface area contributed by atoms with E-state index in [2.05, 4.69) is 0 Å². The van der Waals surface area contributed by atoms with Crippen molar-refractivity contribution in [2.45, 2.75) is 18.6 Å². The van der Waals surface area contributed by atoms with E-state index in [1.54, 1.807) is 0 Å². The van der Waals surface area contributed by atoms with Crippen LogP contribution in [0.15, 0.2) is 12.1 Å². The molecule has 0 saturated carbocycles. The number of carbonyl (C=O) groups is 2. The van der Waals surface area contributed by atoms with E-state index in [4.69, 9.17) is 11.6 Å². The number of hydrogen-bond acceptors (Lipinski definition) is 3. The van der Waals surface area contributed by atoms with Gasteiger partial charge in [-0.25, -0.2) is 8.78 Å². The van der Waals surface area contributed by atoms with Crippen molar-refractivity contribution in [1.82, 2.24) is 0 Å². The van der Waals surface area contributed by atoms with Crippen LogP contribution >= 0.6 is 23.4 Å². The average molecular weight is 306 g/mol. The van der Waals surface area contributed by atoms with Gasteiger partial charge < -0.3 is 4.90 Å². The highest BCUT2D eigenvalue weighted by molar-refractivity contribution is 8.14. The van der Waals surface area contributed by atoms with Crippen molar-refractivity contribution in [3.8, 4) is 0 Å². The van der Waals surface area contributed by atoms with E-state index in [9.17, 15) is 18.4 Å². The minimum absolute atomic E-state index is 0.0527. The number of benzene rings is 1. The molecule has 1 amide bonds. The normalized spacial score (nSPS) is 19.1. The first-order valence-corrected chi connectivity index (χ1v) is 6.76. The summed E-state index contributed by atoms with van der Waals surface area (Å²) in [6, 6.07) is 1.74. The molecule has 1 heterocycles. The van der Waals surface area contributed by atoms with Crippen LogP contribution in [-0.4, -0.2) is 22.8 Å². The summed E-state index contributed by atoms with van der Waals surface area (Å²) < 4.78 is 26.7. The van der Waals surface area contributed by atoms with Crippen LogP contribution < -0.4 is 4.90 Å². The van der Waals surface area contributed by atoms with Gasteiger partial charge in [0.1, 0.15) is 11.6 Å². The topological polar surface area (TPSA) is 37.4 Å². The Kier molecular flexibility index (Phi) is 4.10. The second kappa shape index (κ2) is 5.46. The first-order valence-electron chi connectivity index (χ1n) is 5.50. The van der Waals surface area contributed by atoms with Gasteiger partial charge in [0.2, 0.25) is 5.91 Å². The lowest BCUT2D eigenvalue weighted by molar-refractivity contribution is -0.117. The van der Waals surface area contributed by atoms with E-state index in [1.165, 1.54) is 11.8 Å². The standard InChI is InChI=1S/C12H10ClF2NO2S/c1-6(17)19-7-2-12(18)16(5-7)11-3-8(13)9(14)4-10(11)15/h3-4,7H,2,5H2,1H3. The Hall–Kier alpha value is -1.14. The average Bonchev–Trinajstić information content (AvgIpc) is 2.63. The highest BCUT2D eigenvalue weighted by Gasteiger charge is 2.33. The van der Waals surface area contributed by atoms with Gasteiger partial charge >= 0.3 is 0 Å². The monoisotopic (exact) mass is 305 g/mol. The zero-order valence-corrected chi connectivity index (χ0v) is 11.5. The fourth-order valence-electron chi connectivity index (χ4n) is 1.94. The molecule has 1 aliphatic heterocycles. The number of amides is 1. The van der Waals surface area contributed by atoms with Crippen molar-refractivity contribution in [3.05, 3.63) is 28.8 Å². The number of halogens is 3. The number of nitrogens with zero attached hydrogens (tertiary/aromatic N) is 1. The molecule has 0 aromatic heterocycles. The van der Waals surface area contributed by atoms with Crippen LogP contribution in [0.1, 0.15) is 13.3 Å². The molecule has 2 rings (SSSR count). The fourth-order valence-corrected chi connectivity index (χ4v) is 3.02. The molecular weight excluding hydrogens is 296 g/mol. The summed E-state index contributed by atoms with van der Waals surface area (Å²) in [7, 11) is 0. The minimum Gasteiger partial charge on any atom is -0.308 e. The van der Waals surface area contributed by atoms with Crippen molar-refractivity contribution in [2.24, 2.45) is 0 Å². The van der Waals surface area contributed by atoms with Gasteiger partial charge in [0.05, 0.1) is 10.7 Å². The molecule has 19 heavy (non-hydrogen) atoms. The first-order chi connectivity index (χ1) is 8.88. The highest BCUT2D eigenvalue weighted by Crippen LogP contribution is 2.32. The Bertz CT molecular complexity index is 553. The predicted molar refractivity (Wildman–Crippen MR) is 70.4 cm³/mol. The Balaban J connectivity index is 2.25. The van der Waals surface area contributed by atoms with Gasteiger partial charge in [-0.05, 0) is 6.07 Å². The molecule has 3 nitrogen and oxygen atoms in total. The quantitative estimate of drug-likeness (QED) is 0.788. The van der Waals surface area contributed by atoms with Gasteiger partial charge in [-0.2, -0.15) is 0 Å². The maximum Gasteiger partial charge on any atom is 0.228 e. The van der Waals surface area contributed by atoms with Crippen LogP contribution in [0.25, 0.3) is 0 Å². The third-order valence-corrected chi connectivity index (χ3v) is 3.97. The fraction of sp³-hybridized carbons (Fsp3) is 0.333. The van der Waals surface area contributed by atoms with Crippen molar-refractivity contribution in [1.29, 1.82) is 0 Å². The van der Waals surface area contributed by atoms with Crippen molar-refractivity contribution in [3.63, 3.8) is 0 Å². The van der Waals surface area contributed by atoms with E-state index in [0.29, 0.717) is 6.07 Å². The second-order valence-corrected chi connectivity index (χ2v) is 6.04. The molecule has 0 spiro atoms. The van der Waals surface area contributed by atoms with Crippen molar-refractivity contribution in [2.75, 3.05) is 11.4 Å². The van der Waals surface area contributed by atoms with Crippen LogP contribution in [0.4, 0.5) is 14.5 Å². The van der Waals surface area contributed by atoms with E-state index in [1.807, 2.05) is 0 Å². The van der Waals surface area contributed by atoms with Crippen LogP contribution in [0.3, 0.4) is 0 Å². The lowest BCUT2D eigenvalue weighted by atomic mass is 10.2. The molecule has 0 N–H and O–H groups in total. The molecule has 1 unspecified atom stereocenters. The SMILES string of the molecule is CC(=O)SC1CC(=O)N(c2cc(Cl)c(F)cc2F)C1. The number of carbonyl (C=O) groups excluding carboxylic acids is 2. The molecular formula is C12H10ClF2NO2S. The van der Waals surface area contributed by atoms with Gasteiger partial charge in [0.25, 0.3) is 0 Å². The summed E-state index contributed by atoms with van der Waals surface area (Å²) in [6.45, 7) is 1.62. The highest BCUT2D eigenvalue weighted by atomic mass is 35.5. The summed E-state index contributed by atoms with van der Waals surface area (Å²) in [6.07, 6.45) is 0.151. The molecule has 0 aliphatic carbocycles. The maximum atomic E-state index is 13.7. The second-order valence-electron chi connectivity index (χ2n) is 4.16. The van der Waals surface area contributed by atoms with Crippen molar-refractivity contribution >= 4 is 40.1 Å². The van der Waals surface area contributed by atoms with Crippen molar-refractivity contribution < 1.29 is 18.4 Å². The predicted octanol–water partition coefficient (Wildman–Crippen LogP) is 3.00. The number of anilines is 1. The summed E-state index contributed by atoms with van der Waals surface area (Å²) in [5.41, 5.74) is -0.0527. The number of hydrogen-bond donors (Lipinski definition) is 0.